The molecule has 0 heterocycles. The van der Waals surface area contributed by atoms with Crippen molar-refractivity contribution >= 4 is 0 Å². The summed E-state index contributed by atoms with van der Waals surface area (Å²) in [4.78, 5) is 0. The third kappa shape index (κ3) is 3.39. The average Bonchev–Trinajstić information content (AvgIpc) is 3.13. The molecular formula is C22H32O5. The highest BCUT2D eigenvalue weighted by Crippen LogP contribution is 2.62. The van der Waals surface area contributed by atoms with Crippen molar-refractivity contribution in [1.29, 1.82) is 0 Å². The minimum absolute atomic E-state index is 0.0415. The molecule has 0 aromatic heterocycles. The van der Waals surface area contributed by atoms with E-state index in [0.717, 1.165) is 25.7 Å². The van der Waals surface area contributed by atoms with Crippen LogP contribution in [0.2, 0.25) is 0 Å². The van der Waals surface area contributed by atoms with Gasteiger partial charge in [0.15, 0.2) is 6.29 Å². The predicted octanol–water partition coefficient (Wildman–Crippen LogP) is 4.32. The van der Waals surface area contributed by atoms with Gasteiger partial charge >= 0.3 is 0 Å². The van der Waals surface area contributed by atoms with E-state index >= 15 is 0 Å². The molecule has 0 saturated heterocycles. The molecule has 27 heavy (non-hydrogen) atoms. The Morgan fingerprint density at radius 1 is 1.07 bits per heavy atom. The van der Waals surface area contributed by atoms with Gasteiger partial charge in [-0.15, -0.1) is 0 Å². The molecule has 4 aliphatic carbocycles. The summed E-state index contributed by atoms with van der Waals surface area (Å²) in [6.45, 7) is 0.482. The van der Waals surface area contributed by atoms with Gasteiger partial charge in [0.25, 0.3) is 0 Å². The van der Waals surface area contributed by atoms with Crippen LogP contribution >= 0.6 is 0 Å². The molecule has 0 unspecified atom stereocenters. The molecule has 5 nitrogen and oxygen atoms in total. The van der Waals surface area contributed by atoms with Crippen LogP contribution in [0.4, 0.5) is 0 Å². The number of aliphatic hydroxyl groups is 1. The number of methoxy groups -OCH3 is 2. The minimum atomic E-state index is -0.286. The standard InChI is InChI=1S/C22H32O5/c1-24-13-26-21(27-14-25-2)22-10-3-4-20(22)18-8-6-15-5-7-16(23)12-19(15)17(18)9-11-22/h5-7,12,17-21,23H,3-4,8-11,13-14H2,1-2H3/t17-,18+,19-,20-,22+/m0/s1. The van der Waals surface area contributed by atoms with Crippen LogP contribution in [-0.2, 0) is 18.9 Å². The van der Waals surface area contributed by atoms with Gasteiger partial charge in [-0.2, -0.15) is 0 Å². The van der Waals surface area contributed by atoms with Gasteiger partial charge in [0.1, 0.15) is 19.3 Å². The molecule has 0 amide bonds. The monoisotopic (exact) mass is 376 g/mol. The Morgan fingerprint density at radius 3 is 2.59 bits per heavy atom. The molecule has 5 atom stereocenters. The summed E-state index contributed by atoms with van der Waals surface area (Å²) in [5.41, 5.74) is 1.42. The lowest BCUT2D eigenvalue weighted by molar-refractivity contribution is -0.283. The lowest BCUT2D eigenvalue weighted by Crippen LogP contribution is -2.51. The van der Waals surface area contributed by atoms with E-state index in [-0.39, 0.29) is 25.3 Å². The van der Waals surface area contributed by atoms with Crippen LogP contribution in [0.15, 0.2) is 35.6 Å². The first-order valence-corrected chi connectivity index (χ1v) is 10.2. The molecule has 4 aliphatic rings. The number of hydrogen-bond donors (Lipinski definition) is 1. The van der Waals surface area contributed by atoms with E-state index in [1.807, 2.05) is 6.08 Å². The van der Waals surface area contributed by atoms with Gasteiger partial charge < -0.3 is 24.1 Å². The summed E-state index contributed by atoms with van der Waals surface area (Å²) in [6, 6.07) is 0. The van der Waals surface area contributed by atoms with Gasteiger partial charge in [0, 0.05) is 25.6 Å². The summed E-state index contributed by atoms with van der Waals surface area (Å²) in [7, 11) is 3.30. The summed E-state index contributed by atoms with van der Waals surface area (Å²) in [6.07, 6.45) is 15.0. The van der Waals surface area contributed by atoms with Gasteiger partial charge in [-0.3, -0.25) is 0 Å². The number of allylic oxidation sites excluding steroid dienone is 5. The highest BCUT2D eigenvalue weighted by molar-refractivity contribution is 5.38. The van der Waals surface area contributed by atoms with E-state index < -0.39 is 0 Å². The molecule has 1 N–H and O–H groups in total. The molecule has 0 bridgehead atoms. The lowest BCUT2D eigenvalue weighted by Gasteiger charge is -2.53. The Labute approximate surface area is 162 Å². The van der Waals surface area contributed by atoms with Crippen molar-refractivity contribution in [2.24, 2.45) is 29.1 Å². The zero-order chi connectivity index (χ0) is 18.9. The zero-order valence-electron chi connectivity index (χ0n) is 16.4. The molecule has 2 saturated carbocycles. The average molecular weight is 376 g/mol. The first-order valence-electron chi connectivity index (χ1n) is 10.2. The number of aliphatic hydroxyl groups excluding tert-OH is 1. The van der Waals surface area contributed by atoms with Crippen LogP contribution in [-0.4, -0.2) is 39.2 Å². The van der Waals surface area contributed by atoms with Crippen molar-refractivity contribution < 1.29 is 24.1 Å². The summed E-state index contributed by atoms with van der Waals surface area (Å²) in [5.74, 6) is 2.55. The van der Waals surface area contributed by atoms with E-state index in [4.69, 9.17) is 18.9 Å². The van der Waals surface area contributed by atoms with E-state index in [9.17, 15) is 5.11 Å². The fourth-order valence-corrected chi connectivity index (χ4v) is 6.33. The van der Waals surface area contributed by atoms with Crippen molar-refractivity contribution in [3.63, 3.8) is 0 Å². The normalized spacial score (nSPS) is 37.4. The molecular weight excluding hydrogens is 344 g/mol. The van der Waals surface area contributed by atoms with E-state index in [2.05, 4.69) is 18.2 Å². The van der Waals surface area contributed by atoms with Crippen molar-refractivity contribution in [3.8, 4) is 0 Å². The Balaban J connectivity index is 1.60. The minimum Gasteiger partial charge on any atom is -0.508 e. The summed E-state index contributed by atoms with van der Waals surface area (Å²) < 4.78 is 22.4. The number of rotatable bonds is 7. The maximum absolute atomic E-state index is 10.0. The van der Waals surface area contributed by atoms with Crippen LogP contribution in [0.1, 0.15) is 38.5 Å². The van der Waals surface area contributed by atoms with Crippen LogP contribution in [0, 0.1) is 29.1 Å². The van der Waals surface area contributed by atoms with Gasteiger partial charge in [-0.05, 0) is 67.6 Å². The Hall–Kier alpha value is -1.14. The smallest absolute Gasteiger partial charge is 0.169 e. The summed E-state index contributed by atoms with van der Waals surface area (Å²) in [5, 5.41) is 10.0. The van der Waals surface area contributed by atoms with Crippen molar-refractivity contribution in [1.82, 2.24) is 0 Å². The largest absolute Gasteiger partial charge is 0.508 e. The van der Waals surface area contributed by atoms with Crippen LogP contribution in [0.5, 0.6) is 0 Å². The van der Waals surface area contributed by atoms with Crippen LogP contribution in [0.25, 0.3) is 0 Å². The van der Waals surface area contributed by atoms with Gasteiger partial charge in [-0.25, -0.2) is 0 Å². The first-order chi connectivity index (χ1) is 13.2. The molecule has 0 aromatic rings. The maximum Gasteiger partial charge on any atom is 0.169 e. The Kier molecular flexibility index (Phi) is 5.74. The SMILES string of the molecule is COCOC(OCOC)[C@@]12CCC[C@H]1[C@@H]1CC=C3C=CC(O)=C[C@@H]3[C@H]1CC2. The Bertz CT molecular complexity index is 616. The quantitative estimate of drug-likeness (QED) is 0.671. The van der Waals surface area contributed by atoms with Crippen molar-refractivity contribution in [2.75, 3.05) is 27.8 Å². The number of ether oxygens (including phenoxy) is 4. The van der Waals surface area contributed by atoms with Crippen molar-refractivity contribution in [2.45, 2.75) is 44.8 Å². The van der Waals surface area contributed by atoms with Gasteiger partial charge in [0.05, 0.1) is 0 Å². The molecule has 0 aliphatic heterocycles. The highest BCUT2D eigenvalue weighted by atomic mass is 16.8. The number of hydrogen-bond acceptors (Lipinski definition) is 5. The molecule has 0 radical (unpaired) electrons. The fraction of sp³-hybridized carbons (Fsp3) is 0.727. The van der Waals surface area contributed by atoms with Gasteiger partial charge in [0.2, 0.25) is 0 Å². The predicted molar refractivity (Wildman–Crippen MR) is 102 cm³/mol. The maximum atomic E-state index is 10.0. The van der Waals surface area contributed by atoms with Crippen LogP contribution in [0.3, 0.4) is 0 Å². The zero-order valence-corrected chi connectivity index (χ0v) is 16.4. The molecule has 2 fully saturated rings. The molecule has 4 rings (SSSR count). The third-order valence-electron chi connectivity index (χ3n) is 7.32. The third-order valence-corrected chi connectivity index (χ3v) is 7.32. The second-order valence-corrected chi connectivity index (χ2v) is 8.47. The molecule has 150 valence electrons. The van der Waals surface area contributed by atoms with E-state index in [1.54, 1.807) is 14.2 Å². The second kappa shape index (κ2) is 8.08. The highest BCUT2D eigenvalue weighted by Gasteiger charge is 2.58. The molecule has 0 aromatic carbocycles. The van der Waals surface area contributed by atoms with Gasteiger partial charge in [-0.1, -0.05) is 18.6 Å². The number of fused-ring (bicyclic) bond motifs is 5. The van der Waals surface area contributed by atoms with E-state index in [0.29, 0.717) is 29.4 Å². The first kappa shape index (κ1) is 19.2. The van der Waals surface area contributed by atoms with Crippen LogP contribution < -0.4 is 0 Å². The molecule has 5 heteroatoms. The Morgan fingerprint density at radius 2 is 1.85 bits per heavy atom. The summed E-state index contributed by atoms with van der Waals surface area (Å²) >= 11 is 0. The lowest BCUT2D eigenvalue weighted by atomic mass is 9.53. The topological polar surface area (TPSA) is 57.2 Å². The molecule has 0 spiro atoms. The van der Waals surface area contributed by atoms with Crippen molar-refractivity contribution in [3.05, 3.63) is 35.6 Å². The fourth-order valence-electron chi connectivity index (χ4n) is 6.33. The van der Waals surface area contributed by atoms with E-state index in [1.165, 1.54) is 18.4 Å². The second-order valence-electron chi connectivity index (χ2n) is 8.47.